The Morgan fingerprint density at radius 1 is 1.19 bits per heavy atom. The summed E-state index contributed by atoms with van der Waals surface area (Å²) in [7, 11) is 0. The van der Waals surface area contributed by atoms with Crippen molar-refractivity contribution in [3.8, 4) is 0 Å². The molecule has 0 saturated carbocycles. The van der Waals surface area contributed by atoms with Gasteiger partial charge in [-0.25, -0.2) is 0 Å². The number of hydrogen-bond acceptors (Lipinski definition) is 2. The molecular weight excluding hydrogens is 326 g/mol. The molecule has 0 aliphatic heterocycles. The van der Waals surface area contributed by atoms with Gasteiger partial charge in [-0.2, -0.15) is 0 Å². The normalized spacial score (nSPS) is 12.3. The molecule has 2 N–H and O–H groups in total. The van der Waals surface area contributed by atoms with E-state index in [1.54, 1.807) is 0 Å². The maximum absolute atomic E-state index is 13.1. The number of amides is 2. The van der Waals surface area contributed by atoms with Crippen LogP contribution in [0.4, 0.5) is 0 Å². The van der Waals surface area contributed by atoms with Crippen LogP contribution in [0.1, 0.15) is 46.1 Å². The van der Waals surface area contributed by atoms with Crippen LogP contribution in [0.3, 0.4) is 0 Å². The number of para-hydroxylation sites is 1. The van der Waals surface area contributed by atoms with Gasteiger partial charge in [0.2, 0.25) is 11.8 Å². The van der Waals surface area contributed by atoms with Crippen LogP contribution in [0.25, 0.3) is 10.9 Å². The smallest absolute Gasteiger partial charge is 0.245 e. The number of carbonyl (C=O) groups excluding carboxylic acids is 2. The molecule has 2 rings (SSSR count). The zero-order valence-corrected chi connectivity index (χ0v) is 16.3. The number of unbranched alkanes of at least 4 members (excludes halogenated alkanes) is 1. The summed E-state index contributed by atoms with van der Waals surface area (Å²) >= 11 is 0. The van der Waals surface area contributed by atoms with Crippen molar-refractivity contribution < 1.29 is 9.59 Å². The number of nitrogens with zero attached hydrogens (tertiary/aromatic N) is 1. The van der Waals surface area contributed by atoms with Gasteiger partial charge in [0.15, 0.2) is 0 Å². The Balaban J connectivity index is 2.25. The van der Waals surface area contributed by atoms with E-state index in [1.165, 1.54) is 0 Å². The van der Waals surface area contributed by atoms with Gasteiger partial charge in [0.25, 0.3) is 0 Å². The molecule has 5 nitrogen and oxygen atoms in total. The largest absolute Gasteiger partial charge is 0.361 e. The van der Waals surface area contributed by atoms with Gasteiger partial charge >= 0.3 is 0 Å². The second kappa shape index (κ2) is 9.41. The van der Waals surface area contributed by atoms with Crippen molar-refractivity contribution in [2.45, 2.75) is 53.0 Å². The van der Waals surface area contributed by atoms with Crippen molar-refractivity contribution in [2.24, 2.45) is 5.92 Å². The topological polar surface area (TPSA) is 65.2 Å². The fourth-order valence-electron chi connectivity index (χ4n) is 3.05. The standard InChI is InChI=1S/C21H31N3O2/c1-5-7-12-24(6-2)21(26)19(23-20(25)15(3)4)13-16-14-22-18-11-9-8-10-17(16)18/h8-11,14-15,19,22H,5-7,12-13H2,1-4H3,(H,23,25). The Labute approximate surface area is 156 Å². The van der Waals surface area contributed by atoms with Gasteiger partial charge in [-0.1, -0.05) is 45.4 Å². The number of nitrogens with one attached hydrogen (secondary N) is 2. The first-order valence-corrected chi connectivity index (χ1v) is 9.62. The second-order valence-corrected chi connectivity index (χ2v) is 7.05. The number of benzene rings is 1. The number of hydrogen-bond donors (Lipinski definition) is 2. The van der Waals surface area contributed by atoms with E-state index in [0.717, 1.165) is 35.9 Å². The fourth-order valence-corrected chi connectivity index (χ4v) is 3.05. The number of aromatic nitrogens is 1. The highest BCUT2D eigenvalue weighted by atomic mass is 16.2. The van der Waals surface area contributed by atoms with Crippen molar-refractivity contribution in [2.75, 3.05) is 13.1 Å². The number of H-pyrrole nitrogens is 1. The van der Waals surface area contributed by atoms with Crippen LogP contribution in [-0.2, 0) is 16.0 Å². The second-order valence-electron chi connectivity index (χ2n) is 7.05. The lowest BCUT2D eigenvalue weighted by atomic mass is 10.0. The molecule has 142 valence electrons. The van der Waals surface area contributed by atoms with E-state index in [-0.39, 0.29) is 17.7 Å². The van der Waals surface area contributed by atoms with Gasteiger partial charge in [0.1, 0.15) is 6.04 Å². The fraction of sp³-hybridized carbons (Fsp3) is 0.524. The molecule has 1 aromatic carbocycles. The lowest BCUT2D eigenvalue weighted by Crippen LogP contribution is -2.50. The van der Waals surface area contributed by atoms with Crippen LogP contribution in [0.5, 0.6) is 0 Å². The molecule has 2 aromatic rings. The zero-order valence-electron chi connectivity index (χ0n) is 16.3. The average Bonchev–Trinajstić information content (AvgIpc) is 3.04. The molecule has 0 aliphatic rings. The minimum Gasteiger partial charge on any atom is -0.361 e. The number of rotatable bonds is 9. The van der Waals surface area contributed by atoms with E-state index in [4.69, 9.17) is 0 Å². The highest BCUT2D eigenvalue weighted by Gasteiger charge is 2.27. The summed E-state index contributed by atoms with van der Waals surface area (Å²) in [6.07, 6.45) is 4.44. The van der Waals surface area contributed by atoms with Crippen LogP contribution in [-0.4, -0.2) is 40.8 Å². The van der Waals surface area contributed by atoms with E-state index in [0.29, 0.717) is 13.0 Å². The molecule has 0 radical (unpaired) electrons. The highest BCUT2D eigenvalue weighted by molar-refractivity contribution is 5.90. The van der Waals surface area contributed by atoms with Gasteiger partial charge < -0.3 is 15.2 Å². The number of likely N-dealkylation sites (N-methyl/N-ethyl adjacent to an activating group) is 1. The first-order valence-electron chi connectivity index (χ1n) is 9.62. The molecule has 1 heterocycles. The Bertz CT molecular complexity index is 736. The number of fused-ring (bicyclic) bond motifs is 1. The predicted octanol–water partition coefficient (Wildman–Crippen LogP) is 3.50. The molecule has 0 fully saturated rings. The summed E-state index contributed by atoms with van der Waals surface area (Å²) < 4.78 is 0. The molecule has 1 unspecified atom stereocenters. The Kier molecular flexibility index (Phi) is 7.25. The van der Waals surface area contributed by atoms with Crippen LogP contribution in [0.15, 0.2) is 30.5 Å². The van der Waals surface area contributed by atoms with Crippen LogP contribution >= 0.6 is 0 Å². The molecule has 1 aromatic heterocycles. The summed E-state index contributed by atoms with van der Waals surface area (Å²) in [5.41, 5.74) is 2.09. The molecule has 26 heavy (non-hydrogen) atoms. The van der Waals surface area contributed by atoms with Crippen LogP contribution < -0.4 is 5.32 Å². The quantitative estimate of drug-likeness (QED) is 0.721. The Hall–Kier alpha value is -2.30. The van der Waals surface area contributed by atoms with E-state index < -0.39 is 6.04 Å². The lowest BCUT2D eigenvalue weighted by Gasteiger charge is -2.27. The van der Waals surface area contributed by atoms with E-state index in [1.807, 2.05) is 56.1 Å². The minimum absolute atomic E-state index is 0.000214. The summed E-state index contributed by atoms with van der Waals surface area (Å²) in [6.45, 7) is 9.17. The predicted molar refractivity (Wildman–Crippen MR) is 106 cm³/mol. The molecule has 1 atom stereocenters. The summed E-state index contributed by atoms with van der Waals surface area (Å²) in [4.78, 5) is 30.5. The van der Waals surface area contributed by atoms with Gasteiger partial charge in [0, 0.05) is 42.5 Å². The minimum atomic E-state index is -0.541. The molecule has 0 bridgehead atoms. The van der Waals surface area contributed by atoms with Crippen molar-refractivity contribution in [1.82, 2.24) is 15.2 Å². The van der Waals surface area contributed by atoms with Crippen molar-refractivity contribution in [3.63, 3.8) is 0 Å². The summed E-state index contributed by atoms with van der Waals surface area (Å²) in [6, 6.07) is 7.49. The van der Waals surface area contributed by atoms with Crippen molar-refractivity contribution in [1.29, 1.82) is 0 Å². The van der Waals surface area contributed by atoms with Crippen LogP contribution in [0.2, 0.25) is 0 Å². The van der Waals surface area contributed by atoms with Gasteiger partial charge in [-0.05, 0) is 25.0 Å². The SMILES string of the molecule is CCCCN(CC)C(=O)C(Cc1c[nH]c2ccccc12)NC(=O)C(C)C. The first kappa shape index (κ1) is 20.0. The number of aromatic amines is 1. The van der Waals surface area contributed by atoms with Gasteiger partial charge in [-0.15, -0.1) is 0 Å². The first-order chi connectivity index (χ1) is 12.5. The third kappa shape index (κ3) is 4.87. The zero-order chi connectivity index (χ0) is 19.1. The van der Waals surface area contributed by atoms with Crippen molar-refractivity contribution >= 4 is 22.7 Å². The third-order valence-corrected chi connectivity index (χ3v) is 4.71. The Morgan fingerprint density at radius 2 is 1.92 bits per heavy atom. The maximum Gasteiger partial charge on any atom is 0.245 e. The molecule has 5 heteroatoms. The molecule has 0 spiro atoms. The summed E-state index contributed by atoms with van der Waals surface area (Å²) in [5, 5.41) is 4.06. The third-order valence-electron chi connectivity index (χ3n) is 4.71. The maximum atomic E-state index is 13.1. The highest BCUT2D eigenvalue weighted by Crippen LogP contribution is 2.20. The molecular formula is C21H31N3O2. The van der Waals surface area contributed by atoms with Crippen LogP contribution in [0, 0.1) is 5.92 Å². The molecule has 0 saturated heterocycles. The van der Waals surface area contributed by atoms with Gasteiger partial charge in [0.05, 0.1) is 0 Å². The van der Waals surface area contributed by atoms with Crippen molar-refractivity contribution in [3.05, 3.63) is 36.0 Å². The van der Waals surface area contributed by atoms with E-state index in [9.17, 15) is 9.59 Å². The monoisotopic (exact) mass is 357 g/mol. The average molecular weight is 357 g/mol. The Morgan fingerprint density at radius 3 is 2.58 bits per heavy atom. The molecule has 2 amide bonds. The molecule has 0 aliphatic carbocycles. The van der Waals surface area contributed by atoms with Gasteiger partial charge in [-0.3, -0.25) is 9.59 Å². The number of carbonyl (C=O) groups is 2. The van der Waals surface area contributed by atoms with E-state index in [2.05, 4.69) is 17.2 Å². The lowest BCUT2D eigenvalue weighted by molar-refractivity contribution is -0.137. The summed E-state index contributed by atoms with van der Waals surface area (Å²) in [5.74, 6) is -0.242. The van der Waals surface area contributed by atoms with E-state index >= 15 is 0 Å².